The lowest BCUT2D eigenvalue weighted by atomic mass is 9.90. The van der Waals surface area contributed by atoms with Crippen LogP contribution in [0.4, 0.5) is 5.82 Å². The van der Waals surface area contributed by atoms with Crippen molar-refractivity contribution >= 4 is 22.8 Å². The molecule has 0 spiro atoms. The summed E-state index contributed by atoms with van der Waals surface area (Å²) in [5, 5.41) is 12.7. The molecular weight excluding hydrogens is 414 g/mol. The topological polar surface area (TPSA) is 91.1 Å². The van der Waals surface area contributed by atoms with Gasteiger partial charge < -0.3 is 15.0 Å². The van der Waals surface area contributed by atoms with E-state index in [1.807, 2.05) is 30.3 Å². The highest BCUT2D eigenvalue weighted by atomic mass is 16.5. The summed E-state index contributed by atoms with van der Waals surface area (Å²) in [6.07, 6.45) is 3.12. The molecule has 3 aromatic rings. The van der Waals surface area contributed by atoms with Gasteiger partial charge in [-0.2, -0.15) is 5.26 Å². The fourth-order valence-electron chi connectivity index (χ4n) is 4.35. The largest absolute Gasteiger partial charge is 0.383 e. The minimum atomic E-state index is -1.03. The van der Waals surface area contributed by atoms with Gasteiger partial charge in [-0.25, -0.2) is 9.97 Å². The second kappa shape index (κ2) is 10.9. The molecule has 7 heteroatoms. The molecule has 4 rings (SSSR count). The second-order valence-corrected chi connectivity index (χ2v) is 8.39. The van der Waals surface area contributed by atoms with Crippen molar-refractivity contribution in [3.8, 4) is 6.07 Å². The maximum atomic E-state index is 12.8. The summed E-state index contributed by atoms with van der Waals surface area (Å²) in [6.45, 7) is 2.37. The van der Waals surface area contributed by atoms with Crippen molar-refractivity contribution in [2.24, 2.45) is 5.92 Å². The Labute approximate surface area is 194 Å². The number of nitriles is 1. The van der Waals surface area contributed by atoms with Gasteiger partial charge in [-0.1, -0.05) is 42.5 Å². The minimum absolute atomic E-state index is 0.342. The third kappa shape index (κ3) is 5.47. The predicted molar refractivity (Wildman–Crippen MR) is 128 cm³/mol. The van der Waals surface area contributed by atoms with Gasteiger partial charge in [0.05, 0.1) is 23.7 Å². The molecule has 1 aliphatic rings. The third-order valence-electron chi connectivity index (χ3n) is 6.13. The maximum Gasteiger partial charge on any atom is 0.243 e. The first-order valence-corrected chi connectivity index (χ1v) is 11.4. The number of hydrogen-bond acceptors (Lipinski definition) is 6. The van der Waals surface area contributed by atoms with Crippen molar-refractivity contribution in [2.45, 2.75) is 25.2 Å². The molecule has 1 saturated heterocycles. The number of ether oxygens (including phenoxy) is 1. The standard InChI is InChI=1S/C26H29N5O2/c1-33-16-13-28-26(32)21(18-27)24-25(30-23-10-6-5-9-22(23)29-24)31-14-11-20(12-15-31)17-19-7-3-2-4-8-19/h2-10,20-21H,11-17H2,1H3,(H,28,32)/t21-/m1/s1. The van der Waals surface area contributed by atoms with E-state index in [2.05, 4.69) is 40.6 Å². The molecule has 0 unspecified atom stereocenters. The summed E-state index contributed by atoms with van der Waals surface area (Å²) in [5.74, 6) is -0.166. The maximum absolute atomic E-state index is 12.8. The molecule has 0 aliphatic carbocycles. The summed E-state index contributed by atoms with van der Waals surface area (Å²) < 4.78 is 5.01. The number of carbonyl (C=O) groups is 1. The molecule has 0 radical (unpaired) electrons. The van der Waals surface area contributed by atoms with Gasteiger partial charge >= 0.3 is 0 Å². The first kappa shape index (κ1) is 22.7. The van der Waals surface area contributed by atoms with E-state index in [1.54, 1.807) is 7.11 Å². The van der Waals surface area contributed by atoms with Crippen molar-refractivity contribution < 1.29 is 9.53 Å². The summed E-state index contributed by atoms with van der Waals surface area (Å²) in [5.41, 5.74) is 3.23. The van der Waals surface area contributed by atoms with Crippen molar-refractivity contribution in [3.05, 3.63) is 65.9 Å². The number of fused-ring (bicyclic) bond motifs is 1. The van der Waals surface area contributed by atoms with Crippen LogP contribution in [0.15, 0.2) is 54.6 Å². The first-order chi connectivity index (χ1) is 16.2. The number of amides is 1. The van der Waals surface area contributed by atoms with E-state index in [4.69, 9.17) is 14.7 Å². The average Bonchev–Trinajstić information content (AvgIpc) is 2.85. The number of benzene rings is 2. The normalized spacial score (nSPS) is 15.2. The molecule has 33 heavy (non-hydrogen) atoms. The summed E-state index contributed by atoms with van der Waals surface area (Å²) in [6, 6.07) is 20.3. The van der Waals surface area contributed by atoms with Crippen LogP contribution in [-0.4, -0.2) is 49.2 Å². The monoisotopic (exact) mass is 443 g/mol. The quantitative estimate of drug-likeness (QED) is 0.536. The number of carbonyl (C=O) groups excluding carboxylic acids is 1. The minimum Gasteiger partial charge on any atom is -0.383 e. The van der Waals surface area contributed by atoms with Gasteiger partial charge in [0.2, 0.25) is 5.91 Å². The molecule has 2 heterocycles. The van der Waals surface area contributed by atoms with Crippen molar-refractivity contribution in [1.82, 2.24) is 15.3 Å². The van der Waals surface area contributed by atoms with Crippen molar-refractivity contribution in [3.63, 3.8) is 0 Å². The molecular formula is C26H29N5O2. The Balaban J connectivity index is 1.57. The summed E-state index contributed by atoms with van der Waals surface area (Å²) in [4.78, 5) is 24.6. The number of hydrogen-bond donors (Lipinski definition) is 1. The molecule has 1 amide bonds. The Morgan fingerprint density at radius 3 is 2.45 bits per heavy atom. The summed E-state index contributed by atoms with van der Waals surface area (Å²) >= 11 is 0. The SMILES string of the molecule is COCCNC(=O)[C@H](C#N)c1nc2ccccc2nc1N1CCC(Cc2ccccc2)CC1. The molecule has 0 saturated carbocycles. The van der Waals surface area contributed by atoms with E-state index in [9.17, 15) is 10.1 Å². The zero-order valence-electron chi connectivity index (χ0n) is 18.9. The van der Waals surface area contributed by atoms with Gasteiger partial charge in [-0.3, -0.25) is 4.79 Å². The molecule has 1 N–H and O–H groups in total. The molecule has 1 aromatic heterocycles. The van der Waals surface area contributed by atoms with Gasteiger partial charge in [-0.05, 0) is 42.9 Å². The van der Waals surface area contributed by atoms with Gasteiger partial charge in [0, 0.05) is 26.7 Å². The number of anilines is 1. The van der Waals surface area contributed by atoms with E-state index in [-0.39, 0.29) is 5.91 Å². The number of nitrogens with one attached hydrogen (secondary N) is 1. The van der Waals surface area contributed by atoms with Gasteiger partial charge in [0.1, 0.15) is 5.69 Å². The Hall–Kier alpha value is -3.50. The van der Waals surface area contributed by atoms with Gasteiger partial charge in [0.15, 0.2) is 11.7 Å². The fraction of sp³-hybridized carbons (Fsp3) is 0.385. The third-order valence-corrected chi connectivity index (χ3v) is 6.13. The fourth-order valence-corrected chi connectivity index (χ4v) is 4.35. The number of nitrogens with zero attached hydrogens (tertiary/aromatic N) is 4. The number of para-hydroxylation sites is 2. The van der Waals surface area contributed by atoms with E-state index in [1.165, 1.54) is 5.56 Å². The average molecular weight is 444 g/mol. The lowest BCUT2D eigenvalue weighted by molar-refractivity contribution is -0.121. The van der Waals surface area contributed by atoms with Crippen LogP contribution in [0.2, 0.25) is 0 Å². The highest BCUT2D eigenvalue weighted by molar-refractivity contribution is 5.88. The van der Waals surface area contributed by atoms with E-state index >= 15 is 0 Å². The Morgan fingerprint density at radius 1 is 1.12 bits per heavy atom. The molecule has 1 fully saturated rings. The van der Waals surface area contributed by atoms with Crippen molar-refractivity contribution in [1.29, 1.82) is 5.26 Å². The van der Waals surface area contributed by atoms with E-state index < -0.39 is 5.92 Å². The summed E-state index contributed by atoms with van der Waals surface area (Å²) in [7, 11) is 1.57. The lowest BCUT2D eigenvalue weighted by Crippen LogP contribution is -2.37. The Morgan fingerprint density at radius 2 is 1.79 bits per heavy atom. The Bertz CT molecular complexity index is 1120. The molecule has 170 valence electrons. The molecule has 2 aromatic carbocycles. The van der Waals surface area contributed by atoms with Crippen molar-refractivity contribution in [2.75, 3.05) is 38.3 Å². The zero-order chi connectivity index (χ0) is 23.0. The van der Waals surface area contributed by atoms with E-state index in [0.29, 0.717) is 36.1 Å². The first-order valence-electron chi connectivity index (χ1n) is 11.4. The van der Waals surface area contributed by atoms with Crippen LogP contribution in [0.5, 0.6) is 0 Å². The molecule has 1 atom stereocenters. The van der Waals surface area contributed by atoms with Crippen LogP contribution in [-0.2, 0) is 16.0 Å². The van der Waals surface area contributed by atoms with Crippen LogP contribution < -0.4 is 10.2 Å². The predicted octanol–water partition coefficient (Wildman–Crippen LogP) is 3.46. The molecule has 7 nitrogen and oxygen atoms in total. The van der Waals surface area contributed by atoms with Gasteiger partial charge in [0.25, 0.3) is 0 Å². The smallest absolute Gasteiger partial charge is 0.243 e. The number of methoxy groups -OCH3 is 1. The van der Waals surface area contributed by atoms with Crippen LogP contribution >= 0.6 is 0 Å². The molecule has 1 aliphatic heterocycles. The van der Waals surface area contributed by atoms with Crippen LogP contribution in [0.25, 0.3) is 11.0 Å². The van der Waals surface area contributed by atoms with Crippen LogP contribution in [0.3, 0.4) is 0 Å². The highest BCUT2D eigenvalue weighted by Crippen LogP contribution is 2.31. The lowest BCUT2D eigenvalue weighted by Gasteiger charge is -2.34. The van der Waals surface area contributed by atoms with Crippen LogP contribution in [0.1, 0.15) is 30.0 Å². The number of aromatic nitrogens is 2. The zero-order valence-corrected chi connectivity index (χ0v) is 18.9. The van der Waals surface area contributed by atoms with E-state index in [0.717, 1.165) is 37.9 Å². The Kier molecular flexibility index (Phi) is 7.48. The molecule has 0 bridgehead atoms. The second-order valence-electron chi connectivity index (χ2n) is 8.39. The highest BCUT2D eigenvalue weighted by Gasteiger charge is 2.30. The number of rotatable bonds is 8. The van der Waals surface area contributed by atoms with Crippen LogP contribution in [0, 0.1) is 17.2 Å². The number of piperidine rings is 1. The van der Waals surface area contributed by atoms with Gasteiger partial charge in [-0.15, -0.1) is 0 Å².